The van der Waals surface area contributed by atoms with Crippen molar-refractivity contribution < 1.29 is 13.2 Å². The van der Waals surface area contributed by atoms with Crippen LogP contribution in [0, 0.1) is 5.92 Å². The number of anilines is 1. The van der Waals surface area contributed by atoms with Crippen molar-refractivity contribution in [2.75, 3.05) is 17.4 Å². The fraction of sp³-hybridized carbons (Fsp3) is 0.421. The van der Waals surface area contributed by atoms with Gasteiger partial charge in [-0.05, 0) is 42.8 Å². The van der Waals surface area contributed by atoms with E-state index in [0.717, 1.165) is 31.1 Å². The molecule has 1 heterocycles. The van der Waals surface area contributed by atoms with Gasteiger partial charge in [-0.3, -0.25) is 9.10 Å². The van der Waals surface area contributed by atoms with E-state index in [1.165, 1.54) is 4.31 Å². The van der Waals surface area contributed by atoms with Crippen LogP contribution in [-0.4, -0.2) is 33.5 Å². The molecule has 1 aliphatic heterocycles. The summed E-state index contributed by atoms with van der Waals surface area (Å²) in [6.45, 7) is 0.335. The summed E-state index contributed by atoms with van der Waals surface area (Å²) in [5.74, 6) is -0.00718. The van der Waals surface area contributed by atoms with Crippen LogP contribution in [0.2, 0.25) is 0 Å². The first kappa shape index (κ1) is 17.3. The van der Waals surface area contributed by atoms with Gasteiger partial charge in [0.15, 0.2) is 0 Å². The Morgan fingerprint density at radius 1 is 1.15 bits per heavy atom. The number of hydrogen-bond donors (Lipinski definition) is 2. The average Bonchev–Trinajstić information content (AvgIpc) is 2.86. The third kappa shape index (κ3) is 2.75. The molecule has 1 amide bonds. The van der Waals surface area contributed by atoms with Gasteiger partial charge in [-0.25, -0.2) is 8.42 Å². The van der Waals surface area contributed by atoms with Crippen molar-refractivity contribution in [2.24, 2.45) is 11.7 Å². The standard InChI is InChI=1S/C19H23N3O3S/c20-11-14-5-1-2-8-15(14)21-18(23)12-22-16-9-3-6-13-7-4-10-17(19(13)16)26(22,24)25/h3-4,6-7,9-10,14-15H,1-2,5,8,11-12,20H2,(H,21,23). The molecule has 7 heteroatoms. The summed E-state index contributed by atoms with van der Waals surface area (Å²) < 4.78 is 27.1. The Kier molecular flexibility index (Phi) is 4.36. The van der Waals surface area contributed by atoms with E-state index < -0.39 is 10.0 Å². The van der Waals surface area contributed by atoms with E-state index in [1.807, 2.05) is 18.2 Å². The van der Waals surface area contributed by atoms with E-state index in [1.54, 1.807) is 18.2 Å². The predicted molar refractivity (Wildman–Crippen MR) is 101 cm³/mol. The van der Waals surface area contributed by atoms with Gasteiger partial charge in [0.2, 0.25) is 5.91 Å². The number of sulfonamides is 1. The van der Waals surface area contributed by atoms with Crippen LogP contribution in [0.5, 0.6) is 0 Å². The molecule has 6 nitrogen and oxygen atoms in total. The second kappa shape index (κ2) is 6.55. The molecule has 0 radical (unpaired) electrons. The number of benzene rings is 2. The normalized spacial score (nSPS) is 24.0. The topological polar surface area (TPSA) is 92.5 Å². The van der Waals surface area contributed by atoms with Crippen molar-refractivity contribution in [1.82, 2.24) is 5.32 Å². The second-order valence-electron chi connectivity index (χ2n) is 7.10. The van der Waals surface area contributed by atoms with Gasteiger partial charge in [-0.1, -0.05) is 37.1 Å². The number of rotatable bonds is 4. The van der Waals surface area contributed by atoms with Crippen LogP contribution in [0.1, 0.15) is 25.7 Å². The van der Waals surface area contributed by atoms with Crippen molar-refractivity contribution in [3.8, 4) is 0 Å². The van der Waals surface area contributed by atoms with E-state index in [2.05, 4.69) is 5.32 Å². The van der Waals surface area contributed by atoms with Crippen LogP contribution < -0.4 is 15.4 Å². The molecule has 3 N–H and O–H groups in total. The van der Waals surface area contributed by atoms with Gasteiger partial charge in [-0.2, -0.15) is 0 Å². The summed E-state index contributed by atoms with van der Waals surface area (Å²) in [5.41, 5.74) is 6.40. The van der Waals surface area contributed by atoms with E-state index in [-0.39, 0.29) is 29.3 Å². The Morgan fingerprint density at radius 2 is 1.88 bits per heavy atom. The van der Waals surface area contributed by atoms with Crippen LogP contribution >= 0.6 is 0 Å². The molecule has 138 valence electrons. The Morgan fingerprint density at radius 3 is 2.65 bits per heavy atom. The lowest BCUT2D eigenvalue weighted by molar-refractivity contribution is -0.120. The predicted octanol–water partition coefficient (Wildman–Crippen LogP) is 1.98. The zero-order chi connectivity index (χ0) is 18.3. The Labute approximate surface area is 153 Å². The molecular weight excluding hydrogens is 350 g/mol. The molecule has 2 atom stereocenters. The van der Waals surface area contributed by atoms with Crippen LogP contribution in [0.25, 0.3) is 10.8 Å². The summed E-state index contributed by atoms with van der Waals surface area (Å²) in [6, 6.07) is 10.7. The Bertz CT molecular complexity index is 952. The van der Waals surface area contributed by atoms with Gasteiger partial charge < -0.3 is 11.1 Å². The quantitative estimate of drug-likeness (QED) is 0.857. The average molecular weight is 373 g/mol. The molecule has 0 aromatic heterocycles. The molecule has 2 aromatic carbocycles. The number of amides is 1. The summed E-state index contributed by atoms with van der Waals surface area (Å²) in [7, 11) is -3.71. The highest BCUT2D eigenvalue weighted by Crippen LogP contribution is 2.41. The molecule has 1 fully saturated rings. The van der Waals surface area contributed by atoms with Crippen LogP contribution in [-0.2, 0) is 14.8 Å². The first-order chi connectivity index (χ1) is 12.5. The van der Waals surface area contributed by atoms with Crippen LogP contribution in [0.15, 0.2) is 41.3 Å². The van der Waals surface area contributed by atoms with Crippen molar-refractivity contribution >= 4 is 32.4 Å². The minimum Gasteiger partial charge on any atom is -0.351 e. The molecule has 4 rings (SSSR count). The highest BCUT2D eigenvalue weighted by molar-refractivity contribution is 7.93. The van der Waals surface area contributed by atoms with Gasteiger partial charge in [0.05, 0.1) is 10.6 Å². The maximum atomic E-state index is 12.9. The van der Waals surface area contributed by atoms with Crippen molar-refractivity contribution in [1.29, 1.82) is 0 Å². The van der Waals surface area contributed by atoms with Crippen molar-refractivity contribution in [3.63, 3.8) is 0 Å². The van der Waals surface area contributed by atoms with E-state index >= 15 is 0 Å². The molecule has 0 bridgehead atoms. The second-order valence-corrected chi connectivity index (χ2v) is 8.93. The highest BCUT2D eigenvalue weighted by atomic mass is 32.2. The van der Waals surface area contributed by atoms with Crippen molar-refractivity contribution in [2.45, 2.75) is 36.6 Å². The lowest BCUT2D eigenvalue weighted by atomic mass is 9.84. The fourth-order valence-electron chi connectivity index (χ4n) is 4.19. The number of nitrogens with two attached hydrogens (primary N) is 1. The molecule has 2 aliphatic rings. The van der Waals surface area contributed by atoms with Gasteiger partial charge in [0, 0.05) is 11.4 Å². The summed E-state index contributed by atoms with van der Waals surface area (Å²) in [4.78, 5) is 12.9. The molecule has 2 unspecified atom stereocenters. The Hall–Kier alpha value is -2.12. The third-order valence-corrected chi connectivity index (χ3v) is 7.33. The fourth-order valence-corrected chi connectivity index (χ4v) is 5.86. The lowest BCUT2D eigenvalue weighted by Crippen LogP contribution is -2.48. The summed E-state index contributed by atoms with van der Waals surface area (Å²) in [5, 5.41) is 4.58. The number of nitrogens with zero attached hydrogens (tertiary/aromatic N) is 1. The highest BCUT2D eigenvalue weighted by Gasteiger charge is 2.37. The van der Waals surface area contributed by atoms with Gasteiger partial charge >= 0.3 is 0 Å². The lowest BCUT2D eigenvalue weighted by Gasteiger charge is -2.31. The minimum absolute atomic E-state index is 0.0322. The smallest absolute Gasteiger partial charge is 0.265 e. The van der Waals surface area contributed by atoms with Gasteiger partial charge in [-0.15, -0.1) is 0 Å². The number of carbonyl (C=O) groups is 1. The van der Waals surface area contributed by atoms with E-state index in [0.29, 0.717) is 17.6 Å². The first-order valence-corrected chi connectivity index (χ1v) is 10.5. The van der Waals surface area contributed by atoms with Crippen molar-refractivity contribution in [3.05, 3.63) is 36.4 Å². The zero-order valence-corrected chi connectivity index (χ0v) is 15.3. The Balaban J connectivity index is 1.59. The molecule has 0 spiro atoms. The van der Waals surface area contributed by atoms with Crippen LogP contribution in [0.3, 0.4) is 0 Å². The SMILES string of the molecule is NCC1CCCCC1NC(=O)CN1c2cccc3cccc(c23)S1(=O)=O. The maximum Gasteiger partial charge on any atom is 0.265 e. The maximum absolute atomic E-state index is 12.9. The minimum atomic E-state index is -3.71. The monoisotopic (exact) mass is 373 g/mol. The van der Waals surface area contributed by atoms with Crippen LogP contribution in [0.4, 0.5) is 5.69 Å². The summed E-state index contributed by atoms with van der Waals surface area (Å²) >= 11 is 0. The molecule has 0 saturated heterocycles. The third-order valence-electron chi connectivity index (χ3n) is 5.53. The number of hydrogen-bond acceptors (Lipinski definition) is 4. The number of nitrogens with one attached hydrogen (secondary N) is 1. The molecular formula is C19H23N3O3S. The van der Waals surface area contributed by atoms with Gasteiger partial charge in [0.25, 0.3) is 10.0 Å². The molecule has 1 aliphatic carbocycles. The van der Waals surface area contributed by atoms with E-state index in [9.17, 15) is 13.2 Å². The van der Waals surface area contributed by atoms with Gasteiger partial charge in [0.1, 0.15) is 6.54 Å². The first-order valence-electron chi connectivity index (χ1n) is 9.06. The number of carbonyl (C=O) groups excluding carboxylic acids is 1. The van der Waals surface area contributed by atoms with E-state index in [4.69, 9.17) is 5.73 Å². The largest absolute Gasteiger partial charge is 0.351 e. The summed E-state index contributed by atoms with van der Waals surface area (Å²) in [6.07, 6.45) is 4.10. The molecule has 1 saturated carbocycles. The molecule has 26 heavy (non-hydrogen) atoms. The molecule has 2 aromatic rings. The zero-order valence-electron chi connectivity index (χ0n) is 14.5.